The molecule has 23 heteroatoms. The van der Waals surface area contributed by atoms with Gasteiger partial charge >= 0.3 is 33.6 Å². The number of hydrogen-bond donors (Lipinski definition) is 6. The van der Waals surface area contributed by atoms with Crippen LogP contribution in [0.4, 0.5) is 4.79 Å². The predicted molar refractivity (Wildman–Crippen MR) is 173 cm³/mol. The summed E-state index contributed by atoms with van der Waals surface area (Å²) in [5, 5.41) is 9.69. The van der Waals surface area contributed by atoms with E-state index in [1.54, 1.807) is 13.8 Å². The summed E-state index contributed by atoms with van der Waals surface area (Å²) in [7, 11) is -9.16. The molecular weight excluding hydrogens is 714 g/mol. The van der Waals surface area contributed by atoms with Crippen molar-refractivity contribution in [3.63, 3.8) is 0 Å². The second kappa shape index (κ2) is 26.1. The summed E-state index contributed by atoms with van der Waals surface area (Å²) in [5.41, 5.74) is 0. The van der Waals surface area contributed by atoms with Crippen LogP contribution in [0.2, 0.25) is 0 Å². The predicted octanol–water partition coefficient (Wildman–Crippen LogP) is 0.279. The Morgan fingerprint density at radius 2 is 0.940 bits per heavy atom. The van der Waals surface area contributed by atoms with Crippen LogP contribution in [-0.2, 0) is 65.4 Å². The smallest absolute Gasteiger partial charge is 0.463 e. The van der Waals surface area contributed by atoms with E-state index in [2.05, 4.69) is 21.3 Å². The van der Waals surface area contributed by atoms with Gasteiger partial charge in [-0.1, -0.05) is 0 Å². The van der Waals surface area contributed by atoms with E-state index < -0.39 is 83.9 Å². The van der Waals surface area contributed by atoms with E-state index in [-0.39, 0.29) is 51.7 Å². The van der Waals surface area contributed by atoms with E-state index in [0.717, 1.165) is 0 Å². The molecule has 0 radical (unpaired) electrons. The molecule has 4 amide bonds. The molecule has 0 aromatic rings. The van der Waals surface area contributed by atoms with Crippen LogP contribution in [0.5, 0.6) is 0 Å². The van der Waals surface area contributed by atoms with Gasteiger partial charge in [0.15, 0.2) is 0 Å². The van der Waals surface area contributed by atoms with Crippen molar-refractivity contribution in [3.8, 4) is 0 Å². The normalized spacial score (nSPS) is 16.0. The van der Waals surface area contributed by atoms with Crippen LogP contribution in [0.3, 0.4) is 0 Å². The molecule has 292 valence electrons. The summed E-state index contributed by atoms with van der Waals surface area (Å²) in [6.07, 6.45) is 0.0156. The van der Waals surface area contributed by atoms with Gasteiger partial charge in [0.05, 0.1) is 64.9 Å². The zero-order valence-electron chi connectivity index (χ0n) is 29.2. The van der Waals surface area contributed by atoms with Gasteiger partial charge in [-0.05, 0) is 13.8 Å². The van der Waals surface area contributed by atoms with Crippen molar-refractivity contribution in [2.24, 2.45) is 0 Å². The molecule has 0 heterocycles. The molecule has 0 saturated heterocycles. The molecule has 0 aromatic carbocycles. The first-order valence-corrected chi connectivity index (χ1v) is 18.6. The first kappa shape index (κ1) is 47.3. The lowest BCUT2D eigenvalue weighted by molar-refractivity contribution is -0.147. The monoisotopic (exact) mass is 766 g/mol. The molecule has 0 spiro atoms. The largest absolute Gasteiger partial charge is 0.472 e. The van der Waals surface area contributed by atoms with Crippen molar-refractivity contribution in [2.75, 3.05) is 65.9 Å². The number of amides is 4. The molecule has 0 rings (SSSR count). The van der Waals surface area contributed by atoms with Gasteiger partial charge in [0.1, 0.15) is 12.2 Å². The second-order valence-electron chi connectivity index (χ2n) is 10.7. The number of carbonyl (C=O) groups excluding carboxylic acids is 5. The number of ether oxygens (including phenoxy) is 4. The summed E-state index contributed by atoms with van der Waals surface area (Å²) in [6, 6.07) is -2.34. The molecule has 6 N–H and O–H groups in total. The third kappa shape index (κ3) is 29.1. The standard InChI is InChI=1S/C27H52N4O17P2/c1-19(47-23(5)34)7-11-41-15-25(30-21(3)32)17-45-49(37,38)43-13-9-28-27(36)29-10-14-44-50(39,40)46-18-26(31-22(4)33)16-42-12-8-20(2)48-24(6)35/h19-20,25-26H,7-18H2,1-6H3,(H,30,32)(H,31,33)(H,37,38)(H,39,40)(H2,28,29,36)/t19-,20-,25?,26?/m1/s1. The lowest BCUT2D eigenvalue weighted by Gasteiger charge is -2.20. The second-order valence-corrected chi connectivity index (χ2v) is 13.6. The number of esters is 2. The number of rotatable bonds is 28. The van der Waals surface area contributed by atoms with Gasteiger partial charge in [-0.25, -0.2) is 13.9 Å². The van der Waals surface area contributed by atoms with Gasteiger partial charge in [0.25, 0.3) is 0 Å². The van der Waals surface area contributed by atoms with E-state index >= 15 is 0 Å². The van der Waals surface area contributed by atoms with E-state index in [4.69, 9.17) is 37.0 Å². The average molecular weight is 767 g/mol. The maximum atomic E-state index is 12.2. The van der Waals surface area contributed by atoms with Gasteiger partial charge in [0.2, 0.25) is 11.8 Å². The maximum absolute atomic E-state index is 12.2. The molecule has 50 heavy (non-hydrogen) atoms. The Hall–Kier alpha value is -2.71. The average Bonchev–Trinajstić information content (AvgIpc) is 2.98. The van der Waals surface area contributed by atoms with E-state index in [1.807, 2.05) is 0 Å². The molecule has 0 aliphatic heterocycles. The highest BCUT2D eigenvalue weighted by Crippen LogP contribution is 2.43. The van der Waals surface area contributed by atoms with E-state index in [0.29, 0.717) is 12.8 Å². The lowest BCUT2D eigenvalue weighted by Crippen LogP contribution is -2.40. The minimum absolute atomic E-state index is 0.0665. The number of phosphoric ester groups is 2. The highest BCUT2D eigenvalue weighted by Gasteiger charge is 2.25. The Kier molecular flexibility index (Phi) is 24.7. The molecule has 0 aliphatic carbocycles. The molecule has 0 aliphatic rings. The van der Waals surface area contributed by atoms with Gasteiger partial charge in [0, 0.05) is 53.6 Å². The lowest BCUT2D eigenvalue weighted by atomic mass is 10.3. The third-order valence-corrected chi connectivity index (χ3v) is 7.65. The fraction of sp³-hybridized carbons (Fsp3) is 0.815. The van der Waals surface area contributed by atoms with E-state index in [1.165, 1.54) is 27.7 Å². The Morgan fingerprint density at radius 3 is 1.26 bits per heavy atom. The number of phosphoric acid groups is 2. The minimum atomic E-state index is -4.58. The van der Waals surface area contributed by atoms with Crippen molar-refractivity contribution in [3.05, 3.63) is 0 Å². The zero-order valence-corrected chi connectivity index (χ0v) is 31.0. The summed E-state index contributed by atoms with van der Waals surface area (Å²) in [5.74, 6) is -1.73. The molecule has 4 unspecified atom stereocenters. The van der Waals surface area contributed by atoms with Crippen LogP contribution in [-0.4, -0.2) is 130 Å². The highest BCUT2D eigenvalue weighted by molar-refractivity contribution is 7.47. The zero-order chi connectivity index (χ0) is 38.2. The Balaban J connectivity index is 4.35. The van der Waals surface area contributed by atoms with Crippen molar-refractivity contribution in [2.45, 2.75) is 78.7 Å². The first-order valence-electron chi connectivity index (χ1n) is 15.6. The van der Waals surface area contributed by atoms with Crippen molar-refractivity contribution < 1.29 is 79.9 Å². The maximum Gasteiger partial charge on any atom is 0.472 e. The van der Waals surface area contributed by atoms with Gasteiger partial charge in [-0.2, -0.15) is 0 Å². The number of nitrogens with one attached hydrogen (secondary N) is 4. The van der Waals surface area contributed by atoms with Gasteiger partial charge in [-0.3, -0.25) is 37.3 Å². The minimum Gasteiger partial charge on any atom is -0.463 e. The van der Waals surface area contributed by atoms with Gasteiger partial charge < -0.3 is 50.0 Å². The molecule has 0 fully saturated rings. The SMILES string of the molecule is CC(=O)NC(COCC[C@@H](C)OC(C)=O)COP(=O)(O)OCCNC(=O)NCCOP(=O)(O)OCC(COCC[C@@H](C)OC(C)=O)NC(C)=O. The quantitative estimate of drug-likeness (QED) is 0.0354. The van der Waals surface area contributed by atoms with Crippen LogP contribution in [0.25, 0.3) is 0 Å². The van der Waals surface area contributed by atoms with Crippen molar-refractivity contribution in [1.82, 2.24) is 21.3 Å². The molecule has 21 nitrogen and oxygen atoms in total. The number of urea groups is 1. The third-order valence-electron chi connectivity index (χ3n) is 5.69. The Bertz CT molecular complexity index is 1060. The fourth-order valence-electron chi connectivity index (χ4n) is 3.63. The summed E-state index contributed by atoms with van der Waals surface area (Å²) in [6.45, 7) is 6.48. The fourth-order valence-corrected chi connectivity index (χ4v) is 5.16. The van der Waals surface area contributed by atoms with E-state index in [9.17, 15) is 42.9 Å². The van der Waals surface area contributed by atoms with Crippen LogP contribution in [0.1, 0.15) is 54.4 Å². The highest BCUT2D eigenvalue weighted by atomic mass is 31.2. The molecule has 0 aromatic heterocycles. The van der Waals surface area contributed by atoms with Crippen molar-refractivity contribution in [1.29, 1.82) is 0 Å². The first-order chi connectivity index (χ1) is 23.3. The summed E-state index contributed by atoms with van der Waals surface area (Å²) < 4.78 is 64.7. The molecule has 6 atom stereocenters. The van der Waals surface area contributed by atoms with Crippen molar-refractivity contribution >= 4 is 45.4 Å². The molecular formula is C27H52N4O17P2. The summed E-state index contributed by atoms with van der Waals surface area (Å²) in [4.78, 5) is 76.6. The van der Waals surface area contributed by atoms with Crippen LogP contribution in [0, 0.1) is 0 Å². The van der Waals surface area contributed by atoms with Crippen LogP contribution >= 0.6 is 15.6 Å². The Morgan fingerprint density at radius 1 is 0.580 bits per heavy atom. The Labute approximate surface area is 291 Å². The van der Waals surface area contributed by atoms with Crippen LogP contribution < -0.4 is 21.3 Å². The topological polar surface area (TPSA) is 282 Å². The summed E-state index contributed by atoms with van der Waals surface area (Å²) >= 11 is 0. The number of carbonyl (C=O) groups is 5. The molecule has 0 saturated carbocycles. The van der Waals surface area contributed by atoms with Gasteiger partial charge in [-0.15, -0.1) is 0 Å². The molecule has 0 bridgehead atoms. The van der Waals surface area contributed by atoms with Crippen LogP contribution in [0.15, 0.2) is 0 Å². The number of hydrogen-bond acceptors (Lipinski definition) is 15.